The number of hydrogen-bond acceptors (Lipinski definition) is 2. The van der Waals surface area contributed by atoms with E-state index in [4.69, 9.17) is 11.1 Å². The lowest BCUT2D eigenvalue weighted by Crippen LogP contribution is -2.38. The zero-order valence-corrected chi connectivity index (χ0v) is 9.82. The predicted octanol–water partition coefficient (Wildman–Crippen LogP) is 1.97. The van der Waals surface area contributed by atoms with Crippen LogP contribution in [0.4, 0.5) is 4.39 Å². The number of nitrogens with two attached hydrogens (primary N) is 1. The largest absolute Gasteiger partial charge is 0.387 e. The quantitative estimate of drug-likeness (QED) is 0.621. The summed E-state index contributed by atoms with van der Waals surface area (Å²) in [6, 6.07) is 6.89. The molecule has 0 aliphatic carbocycles. The van der Waals surface area contributed by atoms with Crippen molar-refractivity contribution in [3.63, 3.8) is 0 Å². The number of benzene rings is 1. The highest BCUT2D eigenvalue weighted by Crippen LogP contribution is 2.19. The molecule has 0 radical (unpaired) electrons. The van der Waals surface area contributed by atoms with Gasteiger partial charge in [0.25, 0.3) is 0 Å². The number of halogens is 1. The molecule has 0 saturated carbocycles. The summed E-state index contributed by atoms with van der Waals surface area (Å²) in [4.78, 5) is 2.22. The van der Waals surface area contributed by atoms with Crippen molar-refractivity contribution in [1.29, 1.82) is 5.41 Å². The molecule has 3 N–H and O–H groups in total. The fourth-order valence-corrected chi connectivity index (χ4v) is 2.27. The topological polar surface area (TPSA) is 53.1 Å². The summed E-state index contributed by atoms with van der Waals surface area (Å²) < 4.78 is 13.5. The van der Waals surface area contributed by atoms with Gasteiger partial charge in [0, 0.05) is 18.0 Å². The van der Waals surface area contributed by atoms with Crippen LogP contribution in [0.1, 0.15) is 18.4 Å². The molecule has 4 heteroatoms. The van der Waals surface area contributed by atoms with Gasteiger partial charge in [0.15, 0.2) is 0 Å². The summed E-state index contributed by atoms with van der Waals surface area (Å²) in [5.74, 6) is 0.364. The van der Waals surface area contributed by atoms with E-state index < -0.39 is 0 Å². The van der Waals surface area contributed by atoms with Crippen LogP contribution in [-0.4, -0.2) is 23.8 Å². The third kappa shape index (κ3) is 3.03. The molecule has 1 aliphatic heterocycles. The number of hydrogen-bond donors (Lipinski definition) is 2. The Morgan fingerprint density at radius 3 is 2.59 bits per heavy atom. The third-order valence-electron chi connectivity index (χ3n) is 3.38. The van der Waals surface area contributed by atoms with Crippen molar-refractivity contribution in [3.8, 4) is 0 Å². The number of likely N-dealkylation sites (tertiary alicyclic amines) is 1. The predicted molar refractivity (Wildman–Crippen MR) is 66.3 cm³/mol. The van der Waals surface area contributed by atoms with Crippen molar-refractivity contribution in [3.05, 3.63) is 35.6 Å². The lowest BCUT2D eigenvalue weighted by Gasteiger charge is -2.31. The van der Waals surface area contributed by atoms with Gasteiger partial charge >= 0.3 is 0 Å². The van der Waals surface area contributed by atoms with Crippen LogP contribution in [0.25, 0.3) is 0 Å². The van der Waals surface area contributed by atoms with E-state index >= 15 is 0 Å². The summed E-state index contributed by atoms with van der Waals surface area (Å²) in [5, 5.41) is 7.41. The maximum Gasteiger partial charge on any atom is 0.127 e. The first kappa shape index (κ1) is 12.0. The van der Waals surface area contributed by atoms with E-state index in [9.17, 15) is 4.39 Å². The molecule has 0 atom stereocenters. The van der Waals surface area contributed by atoms with Crippen LogP contribution in [0.3, 0.4) is 0 Å². The third-order valence-corrected chi connectivity index (χ3v) is 3.38. The minimum Gasteiger partial charge on any atom is -0.387 e. The average Bonchev–Trinajstić information content (AvgIpc) is 2.33. The number of rotatable bonds is 3. The van der Waals surface area contributed by atoms with E-state index in [0.717, 1.165) is 31.5 Å². The molecule has 0 bridgehead atoms. The van der Waals surface area contributed by atoms with Crippen LogP contribution < -0.4 is 5.73 Å². The maximum atomic E-state index is 13.5. The van der Waals surface area contributed by atoms with Crippen LogP contribution in [0.5, 0.6) is 0 Å². The zero-order valence-electron chi connectivity index (χ0n) is 9.82. The fourth-order valence-electron chi connectivity index (χ4n) is 2.27. The first-order valence-electron chi connectivity index (χ1n) is 5.96. The Morgan fingerprint density at radius 2 is 2.00 bits per heavy atom. The van der Waals surface area contributed by atoms with Gasteiger partial charge in [0.2, 0.25) is 0 Å². The smallest absolute Gasteiger partial charge is 0.127 e. The van der Waals surface area contributed by atoms with Crippen molar-refractivity contribution in [2.75, 3.05) is 13.1 Å². The second kappa shape index (κ2) is 5.27. The lowest BCUT2D eigenvalue weighted by atomic mass is 9.95. The SMILES string of the molecule is N=C(N)C1CCN(Cc2ccccc2F)CC1. The maximum absolute atomic E-state index is 13.5. The van der Waals surface area contributed by atoms with Gasteiger partial charge in [0.1, 0.15) is 5.82 Å². The van der Waals surface area contributed by atoms with Gasteiger partial charge in [-0.2, -0.15) is 0 Å². The molecule has 1 fully saturated rings. The van der Waals surface area contributed by atoms with Crippen LogP contribution >= 0.6 is 0 Å². The first-order chi connectivity index (χ1) is 8.16. The second-order valence-corrected chi connectivity index (χ2v) is 4.60. The van der Waals surface area contributed by atoms with Crippen molar-refractivity contribution < 1.29 is 4.39 Å². The first-order valence-corrected chi connectivity index (χ1v) is 5.96. The van der Waals surface area contributed by atoms with Crippen LogP contribution in [0, 0.1) is 17.1 Å². The van der Waals surface area contributed by atoms with E-state index in [2.05, 4.69) is 4.90 Å². The standard InChI is InChI=1S/C13H18FN3/c14-12-4-2-1-3-11(12)9-17-7-5-10(6-8-17)13(15)16/h1-4,10H,5-9H2,(H3,15,16). The number of nitrogens with one attached hydrogen (secondary N) is 1. The molecule has 1 heterocycles. The molecule has 0 aromatic heterocycles. The van der Waals surface area contributed by atoms with Gasteiger partial charge in [-0.3, -0.25) is 10.3 Å². The van der Waals surface area contributed by atoms with Crippen molar-refractivity contribution in [1.82, 2.24) is 4.90 Å². The van der Waals surface area contributed by atoms with Gasteiger partial charge in [-0.05, 0) is 32.0 Å². The number of amidine groups is 1. The van der Waals surface area contributed by atoms with Crippen molar-refractivity contribution >= 4 is 5.84 Å². The van der Waals surface area contributed by atoms with Gasteiger partial charge in [-0.25, -0.2) is 4.39 Å². The fraction of sp³-hybridized carbons (Fsp3) is 0.462. The van der Waals surface area contributed by atoms with E-state index in [1.165, 1.54) is 6.07 Å². The summed E-state index contributed by atoms with van der Waals surface area (Å²) in [7, 11) is 0. The highest BCUT2D eigenvalue weighted by molar-refractivity contribution is 5.79. The molecular weight excluding hydrogens is 217 g/mol. The Bertz CT molecular complexity index is 397. The average molecular weight is 235 g/mol. The summed E-state index contributed by atoms with van der Waals surface area (Å²) in [6.07, 6.45) is 1.81. The van der Waals surface area contributed by atoms with E-state index in [-0.39, 0.29) is 17.6 Å². The van der Waals surface area contributed by atoms with Crippen molar-refractivity contribution in [2.45, 2.75) is 19.4 Å². The summed E-state index contributed by atoms with van der Waals surface area (Å²) >= 11 is 0. The normalized spacial score (nSPS) is 18.2. The molecule has 17 heavy (non-hydrogen) atoms. The van der Waals surface area contributed by atoms with E-state index in [0.29, 0.717) is 6.54 Å². The molecule has 1 aromatic rings. The summed E-state index contributed by atoms with van der Waals surface area (Å²) in [5.41, 5.74) is 6.24. The Balaban J connectivity index is 1.90. The molecule has 92 valence electrons. The van der Waals surface area contributed by atoms with E-state index in [1.807, 2.05) is 12.1 Å². The molecule has 1 aromatic carbocycles. The van der Waals surface area contributed by atoms with Crippen LogP contribution in [0.15, 0.2) is 24.3 Å². The highest BCUT2D eigenvalue weighted by atomic mass is 19.1. The molecular formula is C13H18FN3. The van der Waals surface area contributed by atoms with Gasteiger partial charge in [-0.1, -0.05) is 18.2 Å². The Morgan fingerprint density at radius 1 is 1.35 bits per heavy atom. The van der Waals surface area contributed by atoms with Crippen LogP contribution in [-0.2, 0) is 6.54 Å². The van der Waals surface area contributed by atoms with Crippen molar-refractivity contribution in [2.24, 2.45) is 11.7 Å². The van der Waals surface area contributed by atoms with E-state index in [1.54, 1.807) is 6.07 Å². The molecule has 0 spiro atoms. The Kier molecular flexibility index (Phi) is 3.74. The Hall–Kier alpha value is -1.42. The number of piperidine rings is 1. The van der Waals surface area contributed by atoms with Gasteiger partial charge < -0.3 is 5.73 Å². The minimum absolute atomic E-state index is 0.138. The molecule has 3 nitrogen and oxygen atoms in total. The highest BCUT2D eigenvalue weighted by Gasteiger charge is 2.21. The molecule has 0 unspecified atom stereocenters. The lowest BCUT2D eigenvalue weighted by molar-refractivity contribution is 0.199. The van der Waals surface area contributed by atoms with Gasteiger partial charge in [0.05, 0.1) is 5.84 Å². The molecule has 2 rings (SSSR count). The monoisotopic (exact) mass is 235 g/mol. The van der Waals surface area contributed by atoms with Crippen LogP contribution in [0.2, 0.25) is 0 Å². The second-order valence-electron chi connectivity index (χ2n) is 4.60. The van der Waals surface area contributed by atoms with Gasteiger partial charge in [-0.15, -0.1) is 0 Å². The Labute approximate surface area is 101 Å². The molecule has 1 aliphatic rings. The number of nitrogens with zero attached hydrogens (tertiary/aromatic N) is 1. The molecule has 1 saturated heterocycles. The molecule has 0 amide bonds. The minimum atomic E-state index is -0.138. The zero-order chi connectivity index (χ0) is 12.3. The summed E-state index contributed by atoms with van der Waals surface area (Å²) in [6.45, 7) is 2.43.